The maximum atomic E-state index is 13.1. The third-order valence-corrected chi connectivity index (χ3v) is 4.96. The van der Waals surface area contributed by atoms with Gasteiger partial charge in [0.1, 0.15) is 6.04 Å². The highest BCUT2D eigenvalue weighted by molar-refractivity contribution is 6.31. The van der Waals surface area contributed by atoms with Crippen molar-refractivity contribution in [3.8, 4) is 0 Å². The Labute approximate surface area is 165 Å². The summed E-state index contributed by atoms with van der Waals surface area (Å²) in [6.45, 7) is 3.99. The fourth-order valence-corrected chi connectivity index (χ4v) is 3.12. The van der Waals surface area contributed by atoms with Crippen molar-refractivity contribution in [2.24, 2.45) is 0 Å². The normalized spacial score (nSPS) is 13.0. The molecule has 0 saturated heterocycles. The quantitative estimate of drug-likeness (QED) is 0.579. The van der Waals surface area contributed by atoms with Crippen LogP contribution in [0.2, 0.25) is 5.02 Å². The van der Waals surface area contributed by atoms with E-state index in [0.29, 0.717) is 10.7 Å². The predicted octanol–water partition coefficient (Wildman–Crippen LogP) is 5.68. The molecule has 2 atom stereocenters. The molecule has 0 heterocycles. The maximum Gasteiger partial charge on any atom is 0.246 e. The van der Waals surface area contributed by atoms with Gasteiger partial charge in [0.2, 0.25) is 5.91 Å². The Morgan fingerprint density at radius 1 is 0.889 bits per heavy atom. The number of anilines is 1. The first-order chi connectivity index (χ1) is 13.0. The van der Waals surface area contributed by atoms with Crippen molar-refractivity contribution in [2.45, 2.75) is 25.9 Å². The highest BCUT2D eigenvalue weighted by atomic mass is 35.5. The number of hydrogen-bond donors (Lipinski definition) is 2. The Hall–Kier alpha value is -2.62. The minimum Gasteiger partial charge on any atom is -0.324 e. The summed E-state index contributed by atoms with van der Waals surface area (Å²) in [6.07, 6.45) is 0. The van der Waals surface area contributed by atoms with Crippen LogP contribution < -0.4 is 10.6 Å². The summed E-state index contributed by atoms with van der Waals surface area (Å²) >= 11 is 6.19. The van der Waals surface area contributed by atoms with E-state index in [-0.39, 0.29) is 11.9 Å². The number of amides is 1. The SMILES string of the molecule is Cc1ccc(NC(=O)[C@H](N[C@@H](C)c2ccccc2)c2ccccc2)cc1Cl. The Bertz CT molecular complexity index is 897. The van der Waals surface area contributed by atoms with Crippen LogP contribution in [0.5, 0.6) is 0 Å². The highest BCUT2D eigenvalue weighted by Crippen LogP contribution is 2.24. The second-order valence-corrected chi connectivity index (χ2v) is 7.00. The molecule has 3 aromatic carbocycles. The first kappa shape index (κ1) is 19.2. The van der Waals surface area contributed by atoms with Gasteiger partial charge in [-0.2, -0.15) is 0 Å². The molecule has 3 nitrogen and oxygen atoms in total. The van der Waals surface area contributed by atoms with Crippen LogP contribution in [0.3, 0.4) is 0 Å². The zero-order valence-electron chi connectivity index (χ0n) is 15.4. The molecule has 0 bridgehead atoms. The van der Waals surface area contributed by atoms with E-state index in [1.54, 1.807) is 6.07 Å². The molecule has 0 aliphatic rings. The Morgan fingerprint density at radius 2 is 1.48 bits per heavy atom. The maximum absolute atomic E-state index is 13.1. The fourth-order valence-electron chi connectivity index (χ4n) is 2.94. The van der Waals surface area contributed by atoms with Gasteiger partial charge in [-0.1, -0.05) is 78.3 Å². The molecule has 0 spiro atoms. The first-order valence-electron chi connectivity index (χ1n) is 8.97. The fraction of sp³-hybridized carbons (Fsp3) is 0.174. The molecular formula is C23H23ClN2O. The number of aryl methyl sites for hydroxylation is 1. The third-order valence-electron chi connectivity index (χ3n) is 4.55. The molecule has 0 radical (unpaired) electrons. The number of nitrogens with one attached hydrogen (secondary N) is 2. The van der Waals surface area contributed by atoms with Crippen molar-refractivity contribution < 1.29 is 4.79 Å². The van der Waals surface area contributed by atoms with E-state index in [1.807, 2.05) is 67.6 Å². The number of benzene rings is 3. The molecule has 3 rings (SSSR count). The summed E-state index contributed by atoms with van der Waals surface area (Å²) in [6, 6.07) is 24.9. The van der Waals surface area contributed by atoms with E-state index in [2.05, 4.69) is 29.7 Å². The van der Waals surface area contributed by atoms with Crippen LogP contribution in [0.15, 0.2) is 78.9 Å². The molecule has 0 aliphatic heterocycles. The topological polar surface area (TPSA) is 41.1 Å². The van der Waals surface area contributed by atoms with Gasteiger partial charge >= 0.3 is 0 Å². The number of carbonyl (C=O) groups excluding carboxylic acids is 1. The van der Waals surface area contributed by atoms with Gasteiger partial charge < -0.3 is 5.32 Å². The van der Waals surface area contributed by atoms with Crippen LogP contribution >= 0.6 is 11.6 Å². The van der Waals surface area contributed by atoms with Crippen LogP contribution in [-0.2, 0) is 4.79 Å². The van der Waals surface area contributed by atoms with Crippen LogP contribution in [-0.4, -0.2) is 5.91 Å². The van der Waals surface area contributed by atoms with E-state index >= 15 is 0 Å². The van der Waals surface area contributed by atoms with E-state index < -0.39 is 6.04 Å². The highest BCUT2D eigenvalue weighted by Gasteiger charge is 2.23. The predicted molar refractivity (Wildman–Crippen MR) is 112 cm³/mol. The monoisotopic (exact) mass is 378 g/mol. The van der Waals surface area contributed by atoms with Crippen molar-refractivity contribution in [3.63, 3.8) is 0 Å². The zero-order valence-corrected chi connectivity index (χ0v) is 16.2. The lowest BCUT2D eigenvalue weighted by Crippen LogP contribution is -2.34. The van der Waals surface area contributed by atoms with Gasteiger partial charge in [0.25, 0.3) is 0 Å². The van der Waals surface area contributed by atoms with Crippen molar-refractivity contribution in [2.75, 3.05) is 5.32 Å². The van der Waals surface area contributed by atoms with Crippen LogP contribution in [0.4, 0.5) is 5.69 Å². The minimum atomic E-state index is -0.485. The van der Waals surface area contributed by atoms with Crippen LogP contribution in [0.1, 0.15) is 35.7 Å². The Morgan fingerprint density at radius 3 is 2.07 bits per heavy atom. The van der Waals surface area contributed by atoms with Crippen molar-refractivity contribution >= 4 is 23.2 Å². The molecule has 3 aromatic rings. The molecule has 2 N–H and O–H groups in total. The van der Waals surface area contributed by atoms with Gasteiger partial charge in [-0.15, -0.1) is 0 Å². The molecule has 0 fully saturated rings. The molecule has 4 heteroatoms. The van der Waals surface area contributed by atoms with Crippen molar-refractivity contribution in [1.82, 2.24) is 5.32 Å². The summed E-state index contributed by atoms with van der Waals surface area (Å²) in [7, 11) is 0. The van der Waals surface area contributed by atoms with Gasteiger partial charge in [-0.3, -0.25) is 10.1 Å². The summed E-state index contributed by atoms with van der Waals surface area (Å²) in [5.74, 6) is -0.121. The van der Waals surface area contributed by atoms with E-state index in [4.69, 9.17) is 11.6 Å². The second-order valence-electron chi connectivity index (χ2n) is 6.60. The average Bonchev–Trinajstić information content (AvgIpc) is 2.70. The average molecular weight is 379 g/mol. The lowest BCUT2D eigenvalue weighted by molar-refractivity contribution is -0.118. The molecule has 0 unspecified atom stereocenters. The first-order valence-corrected chi connectivity index (χ1v) is 9.35. The lowest BCUT2D eigenvalue weighted by Gasteiger charge is -2.24. The van der Waals surface area contributed by atoms with Gasteiger partial charge in [0, 0.05) is 16.8 Å². The van der Waals surface area contributed by atoms with Gasteiger partial charge in [-0.05, 0) is 42.7 Å². The Kier molecular flexibility index (Phi) is 6.28. The molecule has 1 amide bonds. The summed E-state index contributed by atoms with van der Waals surface area (Å²) in [5, 5.41) is 7.06. The number of halogens is 1. The largest absolute Gasteiger partial charge is 0.324 e. The van der Waals surface area contributed by atoms with E-state index in [0.717, 1.165) is 16.7 Å². The lowest BCUT2D eigenvalue weighted by atomic mass is 10.0. The minimum absolute atomic E-state index is 0.0174. The number of rotatable bonds is 6. The second kappa shape index (κ2) is 8.85. The molecule has 27 heavy (non-hydrogen) atoms. The van der Waals surface area contributed by atoms with Gasteiger partial charge in [0.15, 0.2) is 0 Å². The molecular weight excluding hydrogens is 356 g/mol. The molecule has 138 valence electrons. The molecule has 0 aromatic heterocycles. The molecule has 0 saturated carbocycles. The zero-order chi connectivity index (χ0) is 19.2. The molecule has 0 aliphatic carbocycles. The number of hydrogen-bond acceptors (Lipinski definition) is 2. The summed E-state index contributed by atoms with van der Waals surface area (Å²) < 4.78 is 0. The standard InChI is InChI=1S/C23H23ClN2O/c1-16-13-14-20(15-21(16)24)26-23(27)22(19-11-7-4-8-12-19)25-17(2)18-9-5-3-6-10-18/h3-15,17,22,25H,1-2H3,(H,26,27)/t17-,22+/m0/s1. The van der Waals surface area contributed by atoms with Gasteiger partial charge in [0.05, 0.1) is 0 Å². The summed E-state index contributed by atoms with van der Waals surface area (Å²) in [5.41, 5.74) is 3.70. The summed E-state index contributed by atoms with van der Waals surface area (Å²) in [4.78, 5) is 13.1. The van der Waals surface area contributed by atoms with Crippen LogP contribution in [0, 0.1) is 6.92 Å². The van der Waals surface area contributed by atoms with Crippen molar-refractivity contribution in [3.05, 3.63) is 101 Å². The van der Waals surface area contributed by atoms with Crippen molar-refractivity contribution in [1.29, 1.82) is 0 Å². The van der Waals surface area contributed by atoms with E-state index in [1.165, 1.54) is 0 Å². The Balaban J connectivity index is 1.83. The third kappa shape index (κ3) is 4.97. The van der Waals surface area contributed by atoms with E-state index in [9.17, 15) is 4.79 Å². The smallest absolute Gasteiger partial charge is 0.246 e. The number of carbonyl (C=O) groups is 1. The van der Waals surface area contributed by atoms with Crippen LogP contribution in [0.25, 0.3) is 0 Å². The van der Waals surface area contributed by atoms with Gasteiger partial charge in [-0.25, -0.2) is 0 Å².